The Hall–Kier alpha value is -2.20. The van der Waals surface area contributed by atoms with E-state index in [1.54, 1.807) is 11.3 Å². The molecule has 4 heteroatoms. The summed E-state index contributed by atoms with van der Waals surface area (Å²) >= 11 is 1.57. The van der Waals surface area contributed by atoms with Crippen LogP contribution in [0.3, 0.4) is 0 Å². The third kappa shape index (κ3) is 3.49. The average Bonchev–Trinajstić information content (AvgIpc) is 2.90. The molecule has 0 fully saturated rings. The second-order valence-corrected chi connectivity index (χ2v) is 6.96. The van der Waals surface area contributed by atoms with Gasteiger partial charge in [0.2, 0.25) is 0 Å². The summed E-state index contributed by atoms with van der Waals surface area (Å²) in [6.45, 7) is 4.27. The number of carbonyl (C=O) groups is 1. The summed E-state index contributed by atoms with van der Waals surface area (Å²) in [5.41, 5.74) is 4.72. The molecule has 2 aromatic carbocycles. The minimum absolute atomic E-state index is 0.0999. The summed E-state index contributed by atoms with van der Waals surface area (Å²) in [6.07, 6.45) is 2.37. The summed E-state index contributed by atoms with van der Waals surface area (Å²) in [4.78, 5) is 17.4. The highest BCUT2D eigenvalue weighted by Crippen LogP contribution is 2.18. The van der Waals surface area contributed by atoms with E-state index in [0.29, 0.717) is 6.42 Å². The van der Waals surface area contributed by atoms with Crippen molar-refractivity contribution in [3.8, 4) is 0 Å². The Morgan fingerprint density at radius 3 is 2.29 bits per heavy atom. The molecule has 0 saturated heterocycles. The van der Waals surface area contributed by atoms with Gasteiger partial charge in [-0.1, -0.05) is 55.5 Å². The van der Waals surface area contributed by atoms with Crippen LogP contribution in [0.15, 0.2) is 47.5 Å². The lowest BCUT2D eigenvalue weighted by molar-refractivity contribution is -0.117. The van der Waals surface area contributed by atoms with E-state index in [2.05, 4.69) is 49.2 Å². The van der Waals surface area contributed by atoms with Gasteiger partial charge in [-0.15, -0.1) is 0 Å². The van der Waals surface area contributed by atoms with Crippen molar-refractivity contribution in [2.75, 3.05) is 0 Å². The van der Waals surface area contributed by atoms with Crippen molar-refractivity contribution in [1.29, 1.82) is 0 Å². The van der Waals surface area contributed by atoms with Crippen molar-refractivity contribution in [1.82, 2.24) is 4.57 Å². The molecular weight excluding hydrogens is 316 g/mol. The number of aryl methyl sites for hydroxylation is 3. The fourth-order valence-electron chi connectivity index (χ4n) is 2.72. The minimum Gasteiger partial charge on any atom is -0.319 e. The molecule has 0 N–H and O–H groups in total. The molecule has 1 heterocycles. The predicted molar refractivity (Wildman–Crippen MR) is 100 cm³/mol. The van der Waals surface area contributed by atoms with Crippen molar-refractivity contribution in [3.63, 3.8) is 0 Å². The Morgan fingerprint density at radius 2 is 1.62 bits per heavy atom. The SMILES string of the molecule is CCc1ccc(CC(=O)N=c2sc3cc(CC)ccc3n2C)cc1. The monoisotopic (exact) mass is 338 g/mol. The van der Waals surface area contributed by atoms with Crippen LogP contribution < -0.4 is 4.80 Å². The zero-order chi connectivity index (χ0) is 17.1. The van der Waals surface area contributed by atoms with Gasteiger partial charge in [0.15, 0.2) is 4.80 Å². The molecule has 3 aromatic rings. The second kappa shape index (κ2) is 7.14. The maximum atomic E-state index is 12.3. The molecule has 24 heavy (non-hydrogen) atoms. The van der Waals surface area contributed by atoms with E-state index in [0.717, 1.165) is 28.7 Å². The summed E-state index contributed by atoms with van der Waals surface area (Å²) in [6, 6.07) is 14.6. The van der Waals surface area contributed by atoms with Gasteiger partial charge in [0.05, 0.1) is 16.6 Å². The first-order valence-electron chi connectivity index (χ1n) is 8.34. The van der Waals surface area contributed by atoms with Crippen molar-refractivity contribution in [3.05, 3.63) is 64.0 Å². The number of carbonyl (C=O) groups excluding carboxylic acids is 1. The highest BCUT2D eigenvalue weighted by Gasteiger charge is 2.07. The highest BCUT2D eigenvalue weighted by atomic mass is 32.1. The molecule has 0 aliphatic carbocycles. The van der Waals surface area contributed by atoms with Gasteiger partial charge in [-0.2, -0.15) is 4.99 Å². The maximum Gasteiger partial charge on any atom is 0.252 e. The van der Waals surface area contributed by atoms with Crippen molar-refractivity contribution in [2.24, 2.45) is 12.0 Å². The van der Waals surface area contributed by atoms with Gasteiger partial charge in [-0.25, -0.2) is 0 Å². The Kier molecular flexibility index (Phi) is 4.95. The van der Waals surface area contributed by atoms with Crippen LogP contribution in [0.5, 0.6) is 0 Å². The lowest BCUT2D eigenvalue weighted by atomic mass is 10.1. The normalized spacial score (nSPS) is 12.0. The number of fused-ring (bicyclic) bond motifs is 1. The summed E-state index contributed by atoms with van der Waals surface area (Å²) < 4.78 is 3.17. The van der Waals surface area contributed by atoms with Crippen molar-refractivity contribution in [2.45, 2.75) is 33.1 Å². The van der Waals surface area contributed by atoms with Crippen LogP contribution in [0.25, 0.3) is 10.2 Å². The van der Waals surface area contributed by atoms with Crippen molar-refractivity contribution < 1.29 is 4.79 Å². The van der Waals surface area contributed by atoms with E-state index in [9.17, 15) is 4.79 Å². The average molecular weight is 338 g/mol. The van der Waals surface area contributed by atoms with E-state index in [1.807, 2.05) is 23.7 Å². The van der Waals surface area contributed by atoms with E-state index in [1.165, 1.54) is 15.8 Å². The number of benzene rings is 2. The second-order valence-electron chi connectivity index (χ2n) is 5.95. The molecule has 3 nitrogen and oxygen atoms in total. The standard InChI is InChI=1S/C20H22N2OS/c1-4-14-6-8-16(9-7-14)13-19(23)21-20-22(3)17-11-10-15(5-2)12-18(17)24-20/h6-12H,4-5,13H2,1-3H3. The predicted octanol–water partition coefficient (Wildman–Crippen LogP) is 4.03. The van der Waals surface area contributed by atoms with Crippen LogP contribution >= 0.6 is 11.3 Å². The fourth-order valence-corrected chi connectivity index (χ4v) is 3.82. The number of nitrogens with zero attached hydrogens (tertiary/aromatic N) is 2. The van der Waals surface area contributed by atoms with Gasteiger partial charge in [-0.05, 0) is 41.7 Å². The molecule has 0 aliphatic heterocycles. The number of amides is 1. The third-order valence-electron chi connectivity index (χ3n) is 4.29. The van der Waals surface area contributed by atoms with E-state index in [4.69, 9.17) is 0 Å². The number of rotatable bonds is 4. The Labute approximate surface area is 146 Å². The molecule has 0 radical (unpaired) electrons. The molecule has 0 saturated carbocycles. The van der Waals surface area contributed by atoms with Gasteiger partial charge in [0.1, 0.15) is 0 Å². The number of hydrogen-bond donors (Lipinski definition) is 0. The third-order valence-corrected chi connectivity index (χ3v) is 5.38. The van der Waals surface area contributed by atoms with E-state index >= 15 is 0 Å². The smallest absolute Gasteiger partial charge is 0.252 e. The first-order chi connectivity index (χ1) is 11.6. The van der Waals surface area contributed by atoms with E-state index < -0.39 is 0 Å². The highest BCUT2D eigenvalue weighted by molar-refractivity contribution is 7.16. The lowest BCUT2D eigenvalue weighted by Crippen LogP contribution is -2.14. The molecular formula is C20H22N2OS. The summed E-state index contributed by atoms with van der Waals surface area (Å²) in [5.74, 6) is -0.0999. The number of hydrogen-bond acceptors (Lipinski definition) is 2. The van der Waals surface area contributed by atoms with Crippen LogP contribution in [0.2, 0.25) is 0 Å². The van der Waals surface area contributed by atoms with Gasteiger partial charge in [0, 0.05) is 7.05 Å². The summed E-state index contributed by atoms with van der Waals surface area (Å²) in [5, 5.41) is 0. The zero-order valence-corrected chi connectivity index (χ0v) is 15.2. The quantitative estimate of drug-likeness (QED) is 0.707. The van der Waals surface area contributed by atoms with Crippen LogP contribution in [-0.2, 0) is 31.1 Å². The van der Waals surface area contributed by atoms with Crippen LogP contribution in [0, 0.1) is 0 Å². The number of thiazole rings is 1. The molecule has 0 atom stereocenters. The molecule has 1 aromatic heterocycles. The Balaban J connectivity index is 1.87. The molecule has 0 spiro atoms. The first-order valence-corrected chi connectivity index (χ1v) is 9.16. The van der Waals surface area contributed by atoms with Gasteiger partial charge < -0.3 is 4.57 Å². The zero-order valence-electron chi connectivity index (χ0n) is 14.4. The molecule has 0 bridgehead atoms. The largest absolute Gasteiger partial charge is 0.319 e. The van der Waals surface area contributed by atoms with E-state index in [-0.39, 0.29) is 5.91 Å². The summed E-state index contributed by atoms with van der Waals surface area (Å²) in [7, 11) is 1.96. The minimum atomic E-state index is -0.0999. The lowest BCUT2D eigenvalue weighted by Gasteiger charge is -2.00. The Bertz CT molecular complexity index is 932. The maximum absolute atomic E-state index is 12.3. The van der Waals surface area contributed by atoms with Gasteiger partial charge >= 0.3 is 0 Å². The van der Waals surface area contributed by atoms with Gasteiger partial charge in [-0.3, -0.25) is 4.79 Å². The fraction of sp³-hybridized carbons (Fsp3) is 0.300. The van der Waals surface area contributed by atoms with Crippen LogP contribution in [0.1, 0.15) is 30.5 Å². The Morgan fingerprint density at radius 1 is 1.00 bits per heavy atom. The van der Waals surface area contributed by atoms with Crippen LogP contribution in [0.4, 0.5) is 0 Å². The van der Waals surface area contributed by atoms with Gasteiger partial charge in [0.25, 0.3) is 5.91 Å². The number of aromatic nitrogens is 1. The van der Waals surface area contributed by atoms with Crippen molar-refractivity contribution >= 4 is 27.5 Å². The first kappa shape index (κ1) is 16.7. The molecule has 1 amide bonds. The molecule has 0 aliphatic rings. The van der Waals surface area contributed by atoms with Crippen LogP contribution in [-0.4, -0.2) is 10.5 Å². The molecule has 3 rings (SSSR count). The topological polar surface area (TPSA) is 34.4 Å². The molecule has 0 unspecified atom stereocenters. The molecule has 124 valence electrons.